The first-order valence-electron chi connectivity index (χ1n) is 7.97. The van der Waals surface area contributed by atoms with Gasteiger partial charge in [-0.2, -0.15) is 5.10 Å². The van der Waals surface area contributed by atoms with Crippen LogP contribution in [-0.2, 0) is 9.59 Å². The highest BCUT2D eigenvalue weighted by atomic mass is 32.1. The fourth-order valence-corrected chi connectivity index (χ4v) is 3.86. The third-order valence-corrected chi connectivity index (χ3v) is 5.36. The van der Waals surface area contributed by atoms with Gasteiger partial charge in [-0.25, -0.2) is 5.43 Å². The van der Waals surface area contributed by atoms with Crippen LogP contribution in [0.2, 0.25) is 0 Å². The Kier molecular flexibility index (Phi) is 5.07. The summed E-state index contributed by atoms with van der Waals surface area (Å²) in [6, 6.07) is 3.99. The molecular weight excluding hydrogens is 314 g/mol. The number of thiophene rings is 1. The Labute approximate surface area is 139 Å². The standard InChI is InChI=1S/C16H21N3O3S/c20-12-8-10(9-12)16(13-2-1-7-23-13)17-14(21)5-3-11-4-6-15(22)19-18-11/h1-2,7,10,12,16,20H,3-6,8-9H2,(H,17,21)(H,19,22)/t10?,12?,16-/m0/s1. The number of aliphatic hydroxyl groups excluding tert-OH is 1. The average molecular weight is 335 g/mol. The maximum Gasteiger partial charge on any atom is 0.240 e. The summed E-state index contributed by atoms with van der Waals surface area (Å²) in [6.07, 6.45) is 3.24. The van der Waals surface area contributed by atoms with E-state index in [0.29, 0.717) is 31.6 Å². The number of rotatable bonds is 6. The van der Waals surface area contributed by atoms with Crippen molar-refractivity contribution in [2.75, 3.05) is 0 Å². The second kappa shape index (κ2) is 7.23. The minimum Gasteiger partial charge on any atom is -0.393 e. The monoisotopic (exact) mass is 335 g/mol. The molecule has 1 atom stereocenters. The molecule has 124 valence electrons. The molecule has 3 rings (SSSR count). The summed E-state index contributed by atoms with van der Waals surface area (Å²) in [7, 11) is 0. The van der Waals surface area contributed by atoms with Crippen LogP contribution < -0.4 is 10.7 Å². The van der Waals surface area contributed by atoms with Crippen LogP contribution in [0.1, 0.15) is 49.4 Å². The van der Waals surface area contributed by atoms with E-state index in [1.807, 2.05) is 17.5 Å². The van der Waals surface area contributed by atoms with Crippen molar-refractivity contribution in [1.29, 1.82) is 0 Å². The SMILES string of the molecule is O=C1CCC(CCC(=O)N[C@H](c2cccs2)C2CC(O)C2)=NN1. The molecule has 6 nitrogen and oxygen atoms in total. The molecule has 2 heterocycles. The van der Waals surface area contributed by atoms with Crippen molar-refractivity contribution in [1.82, 2.24) is 10.7 Å². The molecule has 23 heavy (non-hydrogen) atoms. The second-order valence-corrected chi connectivity index (χ2v) is 7.14. The van der Waals surface area contributed by atoms with Crippen molar-refractivity contribution in [3.05, 3.63) is 22.4 Å². The third kappa shape index (κ3) is 4.17. The quantitative estimate of drug-likeness (QED) is 0.739. The summed E-state index contributed by atoms with van der Waals surface area (Å²) >= 11 is 1.63. The van der Waals surface area contributed by atoms with Crippen molar-refractivity contribution in [2.45, 2.75) is 50.7 Å². The van der Waals surface area contributed by atoms with E-state index >= 15 is 0 Å². The Morgan fingerprint density at radius 2 is 2.30 bits per heavy atom. The lowest BCUT2D eigenvalue weighted by Gasteiger charge is -2.37. The predicted molar refractivity (Wildman–Crippen MR) is 88.0 cm³/mol. The molecule has 1 aliphatic carbocycles. The van der Waals surface area contributed by atoms with E-state index in [9.17, 15) is 14.7 Å². The van der Waals surface area contributed by atoms with Crippen LogP contribution in [0, 0.1) is 5.92 Å². The Morgan fingerprint density at radius 1 is 1.48 bits per heavy atom. The lowest BCUT2D eigenvalue weighted by atomic mass is 9.76. The van der Waals surface area contributed by atoms with Crippen molar-refractivity contribution < 1.29 is 14.7 Å². The van der Waals surface area contributed by atoms with Crippen LogP contribution in [0.3, 0.4) is 0 Å². The van der Waals surface area contributed by atoms with E-state index in [4.69, 9.17) is 0 Å². The molecule has 1 fully saturated rings. The van der Waals surface area contributed by atoms with Gasteiger partial charge in [0.25, 0.3) is 0 Å². The first kappa shape index (κ1) is 16.1. The van der Waals surface area contributed by atoms with Crippen LogP contribution in [0.4, 0.5) is 0 Å². The summed E-state index contributed by atoms with van der Waals surface area (Å²) < 4.78 is 0. The maximum atomic E-state index is 12.3. The third-order valence-electron chi connectivity index (χ3n) is 4.41. The summed E-state index contributed by atoms with van der Waals surface area (Å²) in [5.74, 6) is 0.225. The minimum atomic E-state index is -0.237. The first-order valence-corrected chi connectivity index (χ1v) is 8.85. The normalized spacial score (nSPS) is 25.1. The molecule has 0 spiro atoms. The summed E-state index contributed by atoms with van der Waals surface area (Å²) in [5.41, 5.74) is 3.32. The zero-order valence-corrected chi connectivity index (χ0v) is 13.6. The van der Waals surface area contributed by atoms with Gasteiger partial charge in [0, 0.05) is 23.4 Å². The lowest BCUT2D eigenvalue weighted by molar-refractivity contribution is -0.123. The largest absolute Gasteiger partial charge is 0.393 e. The number of amides is 2. The minimum absolute atomic E-state index is 0.00982. The highest BCUT2D eigenvalue weighted by molar-refractivity contribution is 7.10. The highest BCUT2D eigenvalue weighted by Crippen LogP contribution is 2.39. The van der Waals surface area contributed by atoms with E-state index in [1.54, 1.807) is 11.3 Å². The Balaban J connectivity index is 1.53. The Bertz CT molecular complexity index is 594. The molecule has 1 aliphatic heterocycles. The molecule has 1 saturated carbocycles. The van der Waals surface area contributed by atoms with E-state index in [0.717, 1.165) is 23.4 Å². The van der Waals surface area contributed by atoms with E-state index in [2.05, 4.69) is 15.8 Å². The molecule has 0 unspecified atom stereocenters. The van der Waals surface area contributed by atoms with Gasteiger partial charge in [0.15, 0.2) is 0 Å². The molecule has 2 aliphatic rings. The smallest absolute Gasteiger partial charge is 0.240 e. The van der Waals surface area contributed by atoms with Gasteiger partial charge in [-0.3, -0.25) is 9.59 Å². The first-order chi connectivity index (χ1) is 11.1. The average Bonchev–Trinajstić information content (AvgIpc) is 3.03. The molecule has 1 aromatic rings. The zero-order chi connectivity index (χ0) is 16.2. The fourth-order valence-electron chi connectivity index (χ4n) is 2.99. The molecule has 1 aromatic heterocycles. The molecule has 0 bridgehead atoms. The number of hydrogen-bond acceptors (Lipinski definition) is 5. The number of hydrogen-bond donors (Lipinski definition) is 3. The van der Waals surface area contributed by atoms with Gasteiger partial charge in [0.2, 0.25) is 11.8 Å². The van der Waals surface area contributed by atoms with Crippen LogP contribution in [0.15, 0.2) is 22.6 Å². The number of aliphatic hydroxyl groups is 1. The van der Waals surface area contributed by atoms with Gasteiger partial charge in [0.1, 0.15) is 0 Å². The Morgan fingerprint density at radius 3 is 2.91 bits per heavy atom. The van der Waals surface area contributed by atoms with E-state index in [1.165, 1.54) is 0 Å². The van der Waals surface area contributed by atoms with Crippen molar-refractivity contribution >= 4 is 28.9 Å². The zero-order valence-electron chi connectivity index (χ0n) is 12.8. The number of nitrogens with zero attached hydrogens (tertiary/aromatic N) is 1. The Hall–Kier alpha value is -1.73. The number of hydrazone groups is 1. The lowest BCUT2D eigenvalue weighted by Crippen LogP contribution is -2.41. The molecular formula is C16H21N3O3S. The van der Waals surface area contributed by atoms with Crippen LogP contribution in [-0.4, -0.2) is 28.7 Å². The molecule has 7 heteroatoms. The topological polar surface area (TPSA) is 90.8 Å². The number of nitrogens with one attached hydrogen (secondary N) is 2. The summed E-state index contributed by atoms with van der Waals surface area (Å²) in [5, 5.41) is 18.6. The molecule has 0 aromatic carbocycles. The van der Waals surface area contributed by atoms with Crippen molar-refractivity contribution in [2.24, 2.45) is 11.0 Å². The molecule has 0 radical (unpaired) electrons. The maximum absolute atomic E-state index is 12.3. The summed E-state index contributed by atoms with van der Waals surface area (Å²) in [6.45, 7) is 0. The van der Waals surface area contributed by atoms with Gasteiger partial charge in [-0.15, -0.1) is 11.3 Å². The van der Waals surface area contributed by atoms with Gasteiger partial charge >= 0.3 is 0 Å². The van der Waals surface area contributed by atoms with Gasteiger partial charge in [-0.1, -0.05) is 6.07 Å². The number of carbonyl (C=O) groups is 2. The van der Waals surface area contributed by atoms with Crippen molar-refractivity contribution in [3.8, 4) is 0 Å². The summed E-state index contributed by atoms with van der Waals surface area (Å²) in [4.78, 5) is 24.5. The molecule has 2 amide bonds. The number of carbonyl (C=O) groups excluding carboxylic acids is 2. The van der Waals surface area contributed by atoms with Crippen molar-refractivity contribution in [3.63, 3.8) is 0 Å². The van der Waals surface area contributed by atoms with E-state index < -0.39 is 0 Å². The van der Waals surface area contributed by atoms with Gasteiger partial charge in [-0.05, 0) is 43.0 Å². The predicted octanol–water partition coefficient (Wildman–Crippen LogP) is 1.72. The fraction of sp³-hybridized carbons (Fsp3) is 0.562. The van der Waals surface area contributed by atoms with E-state index in [-0.39, 0.29) is 24.0 Å². The van der Waals surface area contributed by atoms with Crippen LogP contribution >= 0.6 is 11.3 Å². The molecule has 0 saturated heterocycles. The van der Waals surface area contributed by atoms with Crippen LogP contribution in [0.5, 0.6) is 0 Å². The second-order valence-electron chi connectivity index (χ2n) is 6.16. The van der Waals surface area contributed by atoms with Crippen LogP contribution in [0.25, 0.3) is 0 Å². The van der Waals surface area contributed by atoms with Gasteiger partial charge < -0.3 is 10.4 Å². The van der Waals surface area contributed by atoms with Gasteiger partial charge in [0.05, 0.1) is 12.1 Å². The highest BCUT2D eigenvalue weighted by Gasteiger charge is 2.36. The molecule has 3 N–H and O–H groups in total.